The molecule has 0 bridgehead atoms. The topological polar surface area (TPSA) is 84.0 Å². The summed E-state index contributed by atoms with van der Waals surface area (Å²) >= 11 is 8.34. The summed E-state index contributed by atoms with van der Waals surface area (Å²) in [4.78, 5) is 23.5. The molecule has 120 valence electrons. The molecular formula is C14H13ClN4O2S2. The Morgan fingerprint density at radius 1 is 1.22 bits per heavy atom. The van der Waals surface area contributed by atoms with Crippen LogP contribution in [0.15, 0.2) is 28.6 Å². The third-order valence-corrected chi connectivity index (χ3v) is 5.26. The van der Waals surface area contributed by atoms with Gasteiger partial charge in [-0.15, -0.1) is 10.2 Å². The van der Waals surface area contributed by atoms with E-state index in [-0.39, 0.29) is 23.5 Å². The van der Waals surface area contributed by atoms with E-state index in [0.717, 1.165) is 12.8 Å². The van der Waals surface area contributed by atoms with Crippen LogP contribution in [0.25, 0.3) is 0 Å². The van der Waals surface area contributed by atoms with Crippen molar-refractivity contribution in [3.63, 3.8) is 0 Å². The molecule has 0 aliphatic heterocycles. The number of nitrogens with one attached hydrogen (secondary N) is 2. The van der Waals surface area contributed by atoms with E-state index in [2.05, 4.69) is 20.8 Å². The molecule has 0 saturated heterocycles. The number of hydrogen-bond donors (Lipinski definition) is 2. The van der Waals surface area contributed by atoms with Gasteiger partial charge in [-0.1, -0.05) is 34.7 Å². The van der Waals surface area contributed by atoms with Gasteiger partial charge in [-0.05, 0) is 37.1 Å². The second kappa shape index (κ2) is 7.29. The van der Waals surface area contributed by atoms with Crippen LogP contribution in [0.3, 0.4) is 0 Å². The fourth-order valence-corrected chi connectivity index (χ4v) is 3.41. The van der Waals surface area contributed by atoms with Crippen LogP contribution in [0.2, 0.25) is 5.02 Å². The minimum atomic E-state index is -0.143. The van der Waals surface area contributed by atoms with Gasteiger partial charge in [-0.3, -0.25) is 9.59 Å². The normalized spacial score (nSPS) is 13.6. The maximum Gasteiger partial charge on any atom is 0.234 e. The Labute approximate surface area is 146 Å². The summed E-state index contributed by atoms with van der Waals surface area (Å²) in [5.41, 5.74) is 0.689. The van der Waals surface area contributed by atoms with Crippen LogP contribution in [0, 0.1) is 5.92 Å². The number of hydrogen-bond acceptors (Lipinski definition) is 6. The largest absolute Gasteiger partial charge is 0.325 e. The first-order chi connectivity index (χ1) is 11.1. The number of benzene rings is 1. The number of nitrogens with zero attached hydrogens (tertiary/aromatic N) is 2. The molecule has 9 heteroatoms. The quantitative estimate of drug-likeness (QED) is 0.603. The van der Waals surface area contributed by atoms with Crippen molar-refractivity contribution in [2.45, 2.75) is 17.2 Å². The molecule has 2 N–H and O–H groups in total. The third kappa shape index (κ3) is 4.92. The smallest absolute Gasteiger partial charge is 0.234 e. The first-order valence-electron chi connectivity index (χ1n) is 6.93. The lowest BCUT2D eigenvalue weighted by atomic mass is 10.3. The first-order valence-corrected chi connectivity index (χ1v) is 9.11. The molecule has 1 fully saturated rings. The van der Waals surface area contributed by atoms with Crippen LogP contribution in [0.1, 0.15) is 12.8 Å². The summed E-state index contributed by atoms with van der Waals surface area (Å²) in [6, 6.07) is 6.90. The molecule has 1 saturated carbocycles. The molecule has 1 heterocycles. The van der Waals surface area contributed by atoms with E-state index in [1.165, 1.54) is 23.1 Å². The second-order valence-electron chi connectivity index (χ2n) is 4.98. The summed E-state index contributed by atoms with van der Waals surface area (Å²) in [5.74, 6) is 0.197. The van der Waals surface area contributed by atoms with Gasteiger partial charge in [-0.2, -0.15) is 0 Å². The Morgan fingerprint density at radius 2 is 1.96 bits per heavy atom. The molecule has 23 heavy (non-hydrogen) atoms. The van der Waals surface area contributed by atoms with Gasteiger partial charge in [0.25, 0.3) is 0 Å². The molecule has 0 spiro atoms. The Balaban J connectivity index is 1.46. The number of amides is 2. The van der Waals surface area contributed by atoms with E-state index in [1.807, 2.05) is 0 Å². The molecule has 1 aromatic carbocycles. The van der Waals surface area contributed by atoms with E-state index in [9.17, 15) is 9.59 Å². The molecule has 1 aliphatic rings. The van der Waals surface area contributed by atoms with Crippen molar-refractivity contribution >= 4 is 57.3 Å². The van der Waals surface area contributed by atoms with Crippen LogP contribution in [-0.4, -0.2) is 27.8 Å². The van der Waals surface area contributed by atoms with Gasteiger partial charge < -0.3 is 10.6 Å². The van der Waals surface area contributed by atoms with Crippen LogP contribution >= 0.6 is 34.7 Å². The van der Waals surface area contributed by atoms with Crippen molar-refractivity contribution in [1.82, 2.24) is 10.2 Å². The highest BCUT2D eigenvalue weighted by Crippen LogP contribution is 2.31. The summed E-state index contributed by atoms with van der Waals surface area (Å²) in [5, 5.41) is 14.5. The molecule has 0 radical (unpaired) electrons. The summed E-state index contributed by atoms with van der Waals surface area (Å²) in [6.45, 7) is 0. The lowest BCUT2D eigenvalue weighted by Gasteiger charge is -2.03. The SMILES string of the molecule is O=C(CSc1nnc(NC(=O)C2CC2)s1)Nc1ccc(Cl)cc1. The number of carbonyl (C=O) groups is 2. The average Bonchev–Trinajstić information content (AvgIpc) is 3.29. The first kappa shape index (κ1) is 16.2. The molecule has 0 unspecified atom stereocenters. The van der Waals surface area contributed by atoms with Gasteiger partial charge in [-0.25, -0.2) is 0 Å². The van der Waals surface area contributed by atoms with Crippen molar-refractivity contribution in [1.29, 1.82) is 0 Å². The van der Waals surface area contributed by atoms with Gasteiger partial charge in [0.15, 0.2) is 4.34 Å². The van der Waals surface area contributed by atoms with Gasteiger partial charge in [0.2, 0.25) is 16.9 Å². The lowest BCUT2D eigenvalue weighted by Crippen LogP contribution is -2.13. The summed E-state index contributed by atoms with van der Waals surface area (Å²) < 4.78 is 0.641. The van der Waals surface area contributed by atoms with E-state index in [0.29, 0.717) is 20.2 Å². The van der Waals surface area contributed by atoms with Crippen LogP contribution in [0.5, 0.6) is 0 Å². The average molecular weight is 369 g/mol. The number of thioether (sulfide) groups is 1. The molecule has 2 amide bonds. The zero-order valence-electron chi connectivity index (χ0n) is 11.9. The third-order valence-electron chi connectivity index (χ3n) is 3.04. The van der Waals surface area contributed by atoms with Crippen LogP contribution in [-0.2, 0) is 9.59 Å². The Kier molecular flexibility index (Phi) is 5.14. The second-order valence-corrected chi connectivity index (χ2v) is 7.62. The molecule has 0 atom stereocenters. The molecule has 2 aromatic rings. The van der Waals surface area contributed by atoms with Crippen LogP contribution < -0.4 is 10.6 Å². The Hall–Kier alpha value is -1.64. The summed E-state index contributed by atoms with van der Waals surface area (Å²) in [6.07, 6.45) is 1.88. The van der Waals surface area contributed by atoms with Gasteiger partial charge in [0.1, 0.15) is 0 Å². The minimum absolute atomic E-state index is 0.00168. The maximum absolute atomic E-state index is 11.9. The fourth-order valence-electron chi connectivity index (χ4n) is 1.73. The van der Waals surface area contributed by atoms with Gasteiger partial charge in [0.05, 0.1) is 5.75 Å². The van der Waals surface area contributed by atoms with Crippen molar-refractivity contribution in [3.05, 3.63) is 29.3 Å². The molecular weight excluding hydrogens is 356 g/mol. The van der Waals surface area contributed by atoms with Crippen molar-refractivity contribution in [2.24, 2.45) is 5.92 Å². The standard InChI is InChI=1S/C14H13ClN4O2S2/c15-9-3-5-10(6-4-9)16-11(20)7-22-14-19-18-13(23-14)17-12(21)8-1-2-8/h3-6,8H,1-2,7H2,(H,16,20)(H,17,18,21). The van der Waals surface area contributed by atoms with E-state index < -0.39 is 0 Å². The number of anilines is 2. The van der Waals surface area contributed by atoms with Gasteiger partial charge >= 0.3 is 0 Å². The summed E-state index contributed by atoms with van der Waals surface area (Å²) in [7, 11) is 0. The highest BCUT2D eigenvalue weighted by atomic mass is 35.5. The minimum Gasteiger partial charge on any atom is -0.325 e. The fraction of sp³-hybridized carbons (Fsp3) is 0.286. The number of halogens is 1. The molecule has 1 aliphatic carbocycles. The predicted molar refractivity (Wildman–Crippen MR) is 92.1 cm³/mol. The molecule has 1 aromatic heterocycles. The highest BCUT2D eigenvalue weighted by Gasteiger charge is 2.30. The maximum atomic E-state index is 11.9. The zero-order valence-corrected chi connectivity index (χ0v) is 14.3. The monoisotopic (exact) mass is 368 g/mol. The van der Waals surface area contributed by atoms with Gasteiger partial charge in [0, 0.05) is 16.6 Å². The zero-order chi connectivity index (χ0) is 16.2. The molecule has 3 rings (SSSR count). The van der Waals surface area contributed by atoms with Crippen molar-refractivity contribution in [3.8, 4) is 0 Å². The van der Waals surface area contributed by atoms with Crippen molar-refractivity contribution in [2.75, 3.05) is 16.4 Å². The van der Waals surface area contributed by atoms with E-state index in [4.69, 9.17) is 11.6 Å². The van der Waals surface area contributed by atoms with E-state index in [1.54, 1.807) is 24.3 Å². The van der Waals surface area contributed by atoms with E-state index >= 15 is 0 Å². The predicted octanol–water partition coefficient (Wildman–Crippen LogP) is 3.27. The Morgan fingerprint density at radius 3 is 2.65 bits per heavy atom. The van der Waals surface area contributed by atoms with Crippen LogP contribution in [0.4, 0.5) is 10.8 Å². The van der Waals surface area contributed by atoms with Crippen molar-refractivity contribution < 1.29 is 9.59 Å². The number of carbonyl (C=O) groups excluding carboxylic acids is 2. The number of aromatic nitrogens is 2. The number of rotatable bonds is 6. The molecule has 6 nitrogen and oxygen atoms in total. The highest BCUT2D eigenvalue weighted by molar-refractivity contribution is 8.01. The Bertz CT molecular complexity index is 716. The lowest BCUT2D eigenvalue weighted by molar-refractivity contribution is -0.117.